The molecule has 2 amide bonds. The maximum Gasteiger partial charge on any atom is 0.257 e. The lowest BCUT2D eigenvalue weighted by Gasteiger charge is -2.35. The summed E-state index contributed by atoms with van der Waals surface area (Å²) in [5.74, 6) is 0.383. The number of nitrogens with zero attached hydrogens (tertiary/aromatic N) is 2. The number of primary amides is 1. The number of benzene rings is 2. The first-order valence-electron chi connectivity index (χ1n) is 9.68. The molecule has 7 nitrogen and oxygen atoms in total. The van der Waals surface area contributed by atoms with Crippen molar-refractivity contribution >= 4 is 17.5 Å². The molecule has 1 heterocycles. The van der Waals surface area contributed by atoms with Crippen molar-refractivity contribution in [2.45, 2.75) is 19.4 Å². The first-order chi connectivity index (χ1) is 13.9. The first-order valence-corrected chi connectivity index (χ1v) is 9.68. The van der Waals surface area contributed by atoms with E-state index in [9.17, 15) is 9.59 Å². The van der Waals surface area contributed by atoms with Gasteiger partial charge >= 0.3 is 0 Å². The molecule has 154 valence electrons. The minimum absolute atomic E-state index is 0.0327. The highest BCUT2D eigenvalue weighted by atomic mass is 16.5. The summed E-state index contributed by atoms with van der Waals surface area (Å²) in [6.45, 7) is 3.43. The molecular weight excluding hydrogens is 368 g/mol. The SMILES string of the molecule is CNC(Cc1ccc(OCCN2CN(C)c3ccc(C)cc3C2=O)cc1)C(N)=O. The number of rotatable bonds is 8. The number of carbonyl (C=O) groups is 2. The molecule has 7 heteroatoms. The molecule has 0 saturated carbocycles. The van der Waals surface area contributed by atoms with Gasteiger partial charge in [0.25, 0.3) is 5.91 Å². The van der Waals surface area contributed by atoms with Crippen LogP contribution in [0.2, 0.25) is 0 Å². The fourth-order valence-corrected chi connectivity index (χ4v) is 3.47. The molecule has 29 heavy (non-hydrogen) atoms. The van der Waals surface area contributed by atoms with Crippen LogP contribution in [0, 0.1) is 6.92 Å². The van der Waals surface area contributed by atoms with Crippen LogP contribution < -0.4 is 20.7 Å². The Bertz CT molecular complexity index is 882. The smallest absolute Gasteiger partial charge is 0.257 e. The number of ether oxygens (including phenoxy) is 1. The average Bonchev–Trinajstić information content (AvgIpc) is 2.70. The molecule has 2 aromatic rings. The molecule has 0 saturated heterocycles. The van der Waals surface area contributed by atoms with Crippen LogP contribution in [0.4, 0.5) is 5.69 Å². The summed E-state index contributed by atoms with van der Waals surface area (Å²) in [7, 11) is 3.70. The molecule has 0 fully saturated rings. The van der Waals surface area contributed by atoms with E-state index < -0.39 is 6.04 Å². The van der Waals surface area contributed by atoms with Gasteiger partial charge in [-0.1, -0.05) is 23.8 Å². The van der Waals surface area contributed by atoms with Crippen LogP contribution in [0.15, 0.2) is 42.5 Å². The number of hydrogen-bond donors (Lipinski definition) is 2. The zero-order chi connectivity index (χ0) is 21.0. The van der Waals surface area contributed by atoms with Crippen molar-refractivity contribution in [3.8, 4) is 5.75 Å². The van der Waals surface area contributed by atoms with Gasteiger partial charge in [0.05, 0.1) is 30.5 Å². The normalized spacial score (nSPS) is 14.5. The van der Waals surface area contributed by atoms with E-state index >= 15 is 0 Å². The van der Waals surface area contributed by atoms with Crippen LogP contribution in [0.1, 0.15) is 21.5 Å². The fourth-order valence-electron chi connectivity index (χ4n) is 3.47. The number of aryl methyl sites for hydroxylation is 1. The largest absolute Gasteiger partial charge is 0.492 e. The number of hydrogen-bond acceptors (Lipinski definition) is 5. The lowest BCUT2D eigenvalue weighted by molar-refractivity contribution is -0.119. The third-order valence-electron chi connectivity index (χ3n) is 5.15. The van der Waals surface area contributed by atoms with E-state index in [0.29, 0.717) is 26.2 Å². The number of nitrogens with two attached hydrogens (primary N) is 1. The van der Waals surface area contributed by atoms with Crippen LogP contribution in [0.25, 0.3) is 0 Å². The molecule has 0 aliphatic carbocycles. The van der Waals surface area contributed by atoms with E-state index in [0.717, 1.165) is 28.1 Å². The zero-order valence-corrected chi connectivity index (χ0v) is 17.1. The average molecular weight is 396 g/mol. The summed E-state index contributed by atoms with van der Waals surface area (Å²) in [6.07, 6.45) is 0.527. The molecule has 1 unspecified atom stereocenters. The monoisotopic (exact) mass is 396 g/mol. The second-order valence-electron chi connectivity index (χ2n) is 7.37. The van der Waals surface area contributed by atoms with Crippen molar-refractivity contribution in [3.05, 3.63) is 59.2 Å². The minimum atomic E-state index is -0.393. The second-order valence-corrected chi connectivity index (χ2v) is 7.37. The second kappa shape index (κ2) is 8.96. The van der Waals surface area contributed by atoms with Crippen LogP contribution in [0.5, 0.6) is 5.75 Å². The number of fused-ring (bicyclic) bond motifs is 1. The van der Waals surface area contributed by atoms with E-state index in [2.05, 4.69) is 10.2 Å². The van der Waals surface area contributed by atoms with Gasteiger partial charge < -0.3 is 25.6 Å². The predicted octanol–water partition coefficient (Wildman–Crippen LogP) is 1.54. The number of amides is 2. The van der Waals surface area contributed by atoms with Crippen LogP contribution in [0.3, 0.4) is 0 Å². The summed E-state index contributed by atoms with van der Waals surface area (Å²) < 4.78 is 5.82. The number of carbonyl (C=O) groups excluding carboxylic acids is 2. The summed E-state index contributed by atoms with van der Waals surface area (Å²) in [5, 5.41) is 2.91. The van der Waals surface area contributed by atoms with Gasteiger partial charge in [0.2, 0.25) is 5.91 Å². The van der Waals surface area contributed by atoms with Gasteiger partial charge in [-0.25, -0.2) is 0 Å². The third kappa shape index (κ3) is 4.86. The molecule has 3 rings (SSSR count). The van der Waals surface area contributed by atoms with Gasteiger partial charge in [-0.2, -0.15) is 0 Å². The number of anilines is 1. The Morgan fingerprint density at radius 1 is 1.24 bits per heavy atom. The van der Waals surface area contributed by atoms with Gasteiger partial charge in [-0.3, -0.25) is 9.59 Å². The molecule has 0 aromatic heterocycles. The highest BCUT2D eigenvalue weighted by molar-refractivity contribution is 6.01. The van der Waals surface area contributed by atoms with E-state index in [1.165, 1.54) is 0 Å². The lowest BCUT2D eigenvalue weighted by Crippen LogP contribution is -2.46. The summed E-state index contributed by atoms with van der Waals surface area (Å²) in [5.41, 5.74) is 9.12. The molecule has 3 N–H and O–H groups in total. The van der Waals surface area contributed by atoms with Gasteiger partial charge in [-0.05, 0) is 50.2 Å². The highest BCUT2D eigenvalue weighted by Gasteiger charge is 2.27. The van der Waals surface area contributed by atoms with E-state index in [-0.39, 0.29) is 11.8 Å². The van der Waals surface area contributed by atoms with Crippen LogP contribution in [-0.4, -0.2) is 56.7 Å². The summed E-state index contributed by atoms with van der Waals surface area (Å²) >= 11 is 0. The Labute approximate surface area is 171 Å². The molecular formula is C22H28N4O3. The summed E-state index contributed by atoms with van der Waals surface area (Å²) in [6, 6.07) is 13.1. The van der Waals surface area contributed by atoms with E-state index in [1.54, 1.807) is 11.9 Å². The fraction of sp³-hybridized carbons (Fsp3) is 0.364. The van der Waals surface area contributed by atoms with E-state index in [4.69, 9.17) is 10.5 Å². The Kier molecular flexibility index (Phi) is 6.39. The Hall–Kier alpha value is -3.06. The minimum Gasteiger partial charge on any atom is -0.492 e. The van der Waals surface area contributed by atoms with Gasteiger partial charge in [-0.15, -0.1) is 0 Å². The first kappa shape index (κ1) is 20.7. The Morgan fingerprint density at radius 2 is 1.97 bits per heavy atom. The quantitative estimate of drug-likeness (QED) is 0.707. The standard InChI is InChI=1S/C22H28N4O3/c1-15-4-9-20-18(12-15)22(28)26(14-25(20)3)10-11-29-17-7-5-16(6-8-17)13-19(24-2)21(23)27/h4-9,12,19,24H,10-11,13-14H2,1-3H3,(H2,23,27). The third-order valence-corrected chi connectivity index (χ3v) is 5.15. The molecule has 0 spiro atoms. The van der Waals surface area contributed by atoms with Crippen molar-refractivity contribution in [1.29, 1.82) is 0 Å². The van der Waals surface area contributed by atoms with E-state index in [1.807, 2.05) is 56.4 Å². The van der Waals surface area contributed by atoms with Crippen LogP contribution in [-0.2, 0) is 11.2 Å². The topological polar surface area (TPSA) is 87.9 Å². The zero-order valence-electron chi connectivity index (χ0n) is 17.1. The molecule has 1 aliphatic rings. The highest BCUT2D eigenvalue weighted by Crippen LogP contribution is 2.27. The summed E-state index contributed by atoms with van der Waals surface area (Å²) in [4.78, 5) is 28.0. The molecule has 1 aliphatic heterocycles. The maximum atomic E-state index is 12.8. The molecule has 1 atom stereocenters. The molecule has 0 bridgehead atoms. The van der Waals surface area contributed by atoms with Gasteiger partial charge in [0.15, 0.2) is 0 Å². The number of likely N-dealkylation sites (N-methyl/N-ethyl adjacent to an activating group) is 1. The van der Waals surface area contributed by atoms with Gasteiger partial charge in [0.1, 0.15) is 12.4 Å². The van der Waals surface area contributed by atoms with Crippen LogP contribution >= 0.6 is 0 Å². The van der Waals surface area contributed by atoms with Crippen molar-refractivity contribution in [2.75, 3.05) is 38.8 Å². The maximum absolute atomic E-state index is 12.8. The predicted molar refractivity (Wildman–Crippen MR) is 113 cm³/mol. The van der Waals surface area contributed by atoms with Crippen molar-refractivity contribution in [2.24, 2.45) is 5.73 Å². The Balaban J connectivity index is 1.55. The lowest BCUT2D eigenvalue weighted by atomic mass is 10.1. The molecule has 2 aromatic carbocycles. The Morgan fingerprint density at radius 3 is 2.62 bits per heavy atom. The van der Waals surface area contributed by atoms with Crippen molar-refractivity contribution < 1.29 is 14.3 Å². The molecule has 0 radical (unpaired) electrons. The number of nitrogens with one attached hydrogen (secondary N) is 1. The van der Waals surface area contributed by atoms with Crippen molar-refractivity contribution in [3.63, 3.8) is 0 Å². The van der Waals surface area contributed by atoms with Crippen molar-refractivity contribution in [1.82, 2.24) is 10.2 Å². The van der Waals surface area contributed by atoms with Gasteiger partial charge in [0, 0.05) is 7.05 Å².